The van der Waals surface area contributed by atoms with Gasteiger partial charge < -0.3 is 5.73 Å². The third-order valence-corrected chi connectivity index (χ3v) is 4.39. The maximum absolute atomic E-state index is 6.50. The van der Waals surface area contributed by atoms with E-state index in [-0.39, 0.29) is 6.04 Å². The van der Waals surface area contributed by atoms with Gasteiger partial charge in [0.1, 0.15) is 0 Å². The van der Waals surface area contributed by atoms with Gasteiger partial charge in [0.2, 0.25) is 0 Å². The van der Waals surface area contributed by atoms with Gasteiger partial charge in [0.15, 0.2) is 0 Å². The highest BCUT2D eigenvalue weighted by molar-refractivity contribution is 5.25. The van der Waals surface area contributed by atoms with Crippen molar-refractivity contribution in [2.45, 2.75) is 52.0 Å². The fraction of sp³-hybridized carbons (Fsp3) is 0.667. The summed E-state index contributed by atoms with van der Waals surface area (Å²) >= 11 is 0. The SMILES string of the molecule is CCC1CCCCC1C(N)c1cnccc1C. The second kappa shape index (κ2) is 5.63. The third-order valence-electron chi connectivity index (χ3n) is 4.39. The first-order valence-corrected chi connectivity index (χ1v) is 6.90. The highest BCUT2D eigenvalue weighted by Gasteiger charge is 2.30. The van der Waals surface area contributed by atoms with Crippen LogP contribution in [0, 0.1) is 18.8 Å². The van der Waals surface area contributed by atoms with E-state index in [0.29, 0.717) is 5.92 Å². The topological polar surface area (TPSA) is 38.9 Å². The molecule has 0 saturated heterocycles. The minimum absolute atomic E-state index is 0.175. The van der Waals surface area contributed by atoms with Crippen LogP contribution in [-0.2, 0) is 0 Å². The normalized spacial score (nSPS) is 26.8. The van der Waals surface area contributed by atoms with Crippen LogP contribution in [0.25, 0.3) is 0 Å². The van der Waals surface area contributed by atoms with E-state index in [0.717, 1.165) is 5.92 Å². The molecular weight excluding hydrogens is 208 g/mol. The van der Waals surface area contributed by atoms with Gasteiger partial charge in [-0.25, -0.2) is 0 Å². The Hall–Kier alpha value is -0.890. The predicted molar refractivity (Wildman–Crippen MR) is 71.6 cm³/mol. The first-order chi connectivity index (χ1) is 8.24. The molecule has 2 rings (SSSR count). The van der Waals surface area contributed by atoms with Crippen molar-refractivity contribution in [1.29, 1.82) is 0 Å². The van der Waals surface area contributed by atoms with E-state index in [9.17, 15) is 0 Å². The zero-order valence-corrected chi connectivity index (χ0v) is 11.0. The molecule has 3 unspecified atom stereocenters. The molecule has 0 spiro atoms. The molecule has 2 N–H and O–H groups in total. The van der Waals surface area contributed by atoms with Crippen LogP contribution in [0.2, 0.25) is 0 Å². The molecule has 0 aromatic carbocycles. The number of rotatable bonds is 3. The summed E-state index contributed by atoms with van der Waals surface area (Å²) in [4.78, 5) is 4.23. The zero-order valence-electron chi connectivity index (χ0n) is 11.0. The molecule has 94 valence electrons. The Balaban J connectivity index is 2.18. The summed E-state index contributed by atoms with van der Waals surface area (Å²) in [5.74, 6) is 1.45. The molecule has 1 saturated carbocycles. The highest BCUT2D eigenvalue weighted by atomic mass is 14.7. The smallest absolute Gasteiger partial charge is 0.0344 e. The second-order valence-corrected chi connectivity index (χ2v) is 5.37. The van der Waals surface area contributed by atoms with Crippen molar-refractivity contribution >= 4 is 0 Å². The number of nitrogens with two attached hydrogens (primary N) is 1. The summed E-state index contributed by atoms with van der Waals surface area (Å²) in [6.07, 6.45) is 10.4. The van der Waals surface area contributed by atoms with Crippen LogP contribution in [0.4, 0.5) is 0 Å². The van der Waals surface area contributed by atoms with Crippen molar-refractivity contribution in [2.24, 2.45) is 17.6 Å². The van der Waals surface area contributed by atoms with Crippen molar-refractivity contribution < 1.29 is 0 Å². The van der Waals surface area contributed by atoms with Crippen LogP contribution < -0.4 is 5.73 Å². The lowest BCUT2D eigenvalue weighted by Crippen LogP contribution is -2.30. The zero-order chi connectivity index (χ0) is 12.3. The summed E-state index contributed by atoms with van der Waals surface area (Å²) in [5.41, 5.74) is 9.03. The van der Waals surface area contributed by atoms with Crippen molar-refractivity contribution in [3.63, 3.8) is 0 Å². The van der Waals surface area contributed by atoms with Crippen LogP contribution >= 0.6 is 0 Å². The number of aromatic nitrogens is 1. The Labute approximate surface area is 105 Å². The Morgan fingerprint density at radius 2 is 2.18 bits per heavy atom. The van der Waals surface area contributed by atoms with E-state index in [1.165, 1.54) is 43.2 Å². The molecule has 17 heavy (non-hydrogen) atoms. The lowest BCUT2D eigenvalue weighted by atomic mass is 9.72. The summed E-state index contributed by atoms with van der Waals surface area (Å²) in [6, 6.07) is 2.24. The van der Waals surface area contributed by atoms with Gasteiger partial charge in [0, 0.05) is 18.4 Å². The Bertz CT molecular complexity index is 362. The third kappa shape index (κ3) is 2.68. The molecule has 3 atom stereocenters. The largest absolute Gasteiger partial charge is 0.324 e. The van der Waals surface area contributed by atoms with E-state index in [2.05, 4.69) is 24.9 Å². The average Bonchev–Trinajstić information content (AvgIpc) is 2.38. The van der Waals surface area contributed by atoms with Gasteiger partial charge in [0.25, 0.3) is 0 Å². The van der Waals surface area contributed by atoms with Gasteiger partial charge in [-0.05, 0) is 42.4 Å². The van der Waals surface area contributed by atoms with Crippen molar-refractivity contribution in [2.75, 3.05) is 0 Å². The molecule has 0 amide bonds. The minimum atomic E-state index is 0.175. The van der Waals surface area contributed by atoms with Crippen LogP contribution in [-0.4, -0.2) is 4.98 Å². The minimum Gasteiger partial charge on any atom is -0.324 e. The van der Waals surface area contributed by atoms with E-state index in [1.807, 2.05) is 12.4 Å². The molecule has 0 bridgehead atoms. The number of hydrogen-bond acceptors (Lipinski definition) is 2. The Morgan fingerprint density at radius 3 is 2.88 bits per heavy atom. The molecule has 2 nitrogen and oxygen atoms in total. The van der Waals surface area contributed by atoms with E-state index >= 15 is 0 Å². The maximum atomic E-state index is 6.50. The summed E-state index contributed by atoms with van der Waals surface area (Å²) < 4.78 is 0. The summed E-state index contributed by atoms with van der Waals surface area (Å²) in [7, 11) is 0. The average molecular weight is 232 g/mol. The molecule has 1 aromatic rings. The van der Waals surface area contributed by atoms with Crippen molar-refractivity contribution in [3.8, 4) is 0 Å². The molecule has 1 heterocycles. The number of hydrogen-bond donors (Lipinski definition) is 1. The number of aryl methyl sites for hydroxylation is 1. The number of pyridine rings is 1. The van der Waals surface area contributed by atoms with E-state index < -0.39 is 0 Å². The summed E-state index contributed by atoms with van der Waals surface area (Å²) in [5, 5.41) is 0. The van der Waals surface area contributed by atoms with Crippen molar-refractivity contribution in [1.82, 2.24) is 4.98 Å². The van der Waals surface area contributed by atoms with Gasteiger partial charge >= 0.3 is 0 Å². The molecule has 1 aliphatic carbocycles. The first-order valence-electron chi connectivity index (χ1n) is 6.90. The summed E-state index contributed by atoms with van der Waals surface area (Å²) in [6.45, 7) is 4.44. The lowest BCUT2D eigenvalue weighted by molar-refractivity contribution is 0.196. The van der Waals surface area contributed by atoms with Crippen LogP contribution in [0.5, 0.6) is 0 Å². The van der Waals surface area contributed by atoms with Crippen molar-refractivity contribution in [3.05, 3.63) is 29.6 Å². The van der Waals surface area contributed by atoms with Gasteiger partial charge in [0.05, 0.1) is 0 Å². The fourth-order valence-corrected chi connectivity index (χ4v) is 3.27. The predicted octanol–water partition coefficient (Wildman–Crippen LogP) is 3.61. The van der Waals surface area contributed by atoms with Crippen LogP contribution in [0.3, 0.4) is 0 Å². The lowest BCUT2D eigenvalue weighted by Gasteiger charge is -2.35. The Morgan fingerprint density at radius 1 is 1.41 bits per heavy atom. The van der Waals surface area contributed by atoms with Gasteiger partial charge in [-0.2, -0.15) is 0 Å². The van der Waals surface area contributed by atoms with Crippen LogP contribution in [0.15, 0.2) is 18.5 Å². The fourth-order valence-electron chi connectivity index (χ4n) is 3.27. The second-order valence-electron chi connectivity index (χ2n) is 5.37. The van der Waals surface area contributed by atoms with E-state index in [1.54, 1.807) is 0 Å². The first kappa shape index (κ1) is 12.6. The van der Waals surface area contributed by atoms with Gasteiger partial charge in [-0.1, -0.05) is 32.6 Å². The molecule has 1 fully saturated rings. The molecule has 0 radical (unpaired) electrons. The maximum Gasteiger partial charge on any atom is 0.0344 e. The molecule has 0 aliphatic heterocycles. The molecule has 1 aliphatic rings. The quantitative estimate of drug-likeness (QED) is 0.864. The Kier molecular flexibility index (Phi) is 4.16. The van der Waals surface area contributed by atoms with E-state index in [4.69, 9.17) is 5.73 Å². The molecule has 1 aromatic heterocycles. The van der Waals surface area contributed by atoms with Gasteiger partial charge in [-0.3, -0.25) is 4.98 Å². The molecule has 2 heteroatoms. The molecular formula is C15H24N2. The van der Waals surface area contributed by atoms with Gasteiger partial charge in [-0.15, -0.1) is 0 Å². The van der Waals surface area contributed by atoms with Crippen LogP contribution in [0.1, 0.15) is 56.2 Å². The number of nitrogens with zero attached hydrogens (tertiary/aromatic N) is 1. The standard InChI is InChI=1S/C15H24N2/c1-3-12-6-4-5-7-13(12)15(16)14-10-17-9-8-11(14)2/h8-10,12-13,15H,3-7,16H2,1-2H3. The highest BCUT2D eigenvalue weighted by Crippen LogP contribution is 2.39. The monoisotopic (exact) mass is 232 g/mol.